The fraction of sp³-hybridized carbons (Fsp3) is 0.300. The molecule has 1 aromatic carbocycles. The first-order valence-corrected chi connectivity index (χ1v) is 5.14. The fourth-order valence-electron chi connectivity index (χ4n) is 1.17. The van der Waals surface area contributed by atoms with Gasteiger partial charge in [-0.3, -0.25) is 4.79 Å². The summed E-state index contributed by atoms with van der Waals surface area (Å²) in [5.41, 5.74) is 6.45. The predicted molar refractivity (Wildman–Crippen MR) is 59.5 cm³/mol. The maximum absolute atomic E-state index is 11.1. The van der Waals surface area contributed by atoms with E-state index in [1.165, 1.54) is 7.11 Å². The Morgan fingerprint density at radius 3 is 2.87 bits per heavy atom. The molecule has 3 N–H and O–H groups in total. The molecule has 0 saturated heterocycles. The number of hydrogen-bond acceptors (Lipinski definition) is 4. The number of nitrogens with two attached hydrogens (primary N) is 1. The van der Waals surface area contributed by atoms with Gasteiger partial charge in [-0.15, -0.1) is 0 Å². The summed E-state index contributed by atoms with van der Waals surface area (Å²) in [5.74, 6) is -0.287. The molecule has 0 aliphatic heterocycles. The van der Waals surface area contributed by atoms with Crippen molar-refractivity contribution >= 4 is 21.9 Å². The molecular weight excluding hydrogens is 262 g/mol. The molecule has 1 aromatic rings. The van der Waals surface area contributed by atoms with Crippen molar-refractivity contribution in [2.75, 3.05) is 7.11 Å². The van der Waals surface area contributed by atoms with Crippen LogP contribution in [0.5, 0.6) is 5.75 Å². The van der Waals surface area contributed by atoms with Crippen molar-refractivity contribution in [1.29, 1.82) is 0 Å². The molecule has 0 aliphatic carbocycles. The summed E-state index contributed by atoms with van der Waals surface area (Å²) in [6.45, 7) is 0. The summed E-state index contributed by atoms with van der Waals surface area (Å²) in [7, 11) is 1.30. The maximum Gasteiger partial charge on any atom is 0.322 e. The van der Waals surface area contributed by atoms with Crippen molar-refractivity contribution < 1.29 is 14.6 Å². The third-order valence-electron chi connectivity index (χ3n) is 1.97. The highest BCUT2D eigenvalue weighted by Crippen LogP contribution is 2.24. The third-order valence-corrected chi connectivity index (χ3v) is 2.61. The standard InChI is InChI=1S/C10H12BrNO3/c1-15-10(14)8(12)5-6-2-3-9(13)7(11)4-6/h2-4,8,13H,5,12H2,1H3/t8-/m0/s1. The second kappa shape index (κ2) is 5.14. The van der Waals surface area contributed by atoms with Crippen LogP contribution in [0.4, 0.5) is 0 Å². The molecule has 82 valence electrons. The molecule has 5 heteroatoms. The van der Waals surface area contributed by atoms with E-state index in [-0.39, 0.29) is 5.75 Å². The lowest BCUT2D eigenvalue weighted by molar-refractivity contribution is -0.142. The Labute approximate surface area is 96.2 Å². The number of carbonyl (C=O) groups excluding carboxylic acids is 1. The molecule has 1 rings (SSSR count). The molecule has 0 radical (unpaired) electrons. The quantitative estimate of drug-likeness (QED) is 0.812. The van der Waals surface area contributed by atoms with Gasteiger partial charge in [0.05, 0.1) is 11.6 Å². The van der Waals surface area contributed by atoms with E-state index >= 15 is 0 Å². The van der Waals surface area contributed by atoms with E-state index < -0.39 is 12.0 Å². The number of aromatic hydroxyl groups is 1. The number of methoxy groups -OCH3 is 1. The number of hydrogen-bond donors (Lipinski definition) is 2. The van der Waals surface area contributed by atoms with Crippen LogP contribution in [0.3, 0.4) is 0 Å². The van der Waals surface area contributed by atoms with Gasteiger partial charge in [0.25, 0.3) is 0 Å². The van der Waals surface area contributed by atoms with Gasteiger partial charge in [0, 0.05) is 0 Å². The van der Waals surface area contributed by atoms with E-state index in [1.807, 2.05) is 0 Å². The maximum atomic E-state index is 11.1. The number of ether oxygens (including phenoxy) is 1. The monoisotopic (exact) mass is 273 g/mol. The lowest BCUT2D eigenvalue weighted by Crippen LogP contribution is -2.33. The Bertz CT molecular complexity index is 368. The topological polar surface area (TPSA) is 72.5 Å². The van der Waals surface area contributed by atoms with Gasteiger partial charge in [0.1, 0.15) is 11.8 Å². The molecule has 4 nitrogen and oxygen atoms in total. The highest BCUT2D eigenvalue weighted by molar-refractivity contribution is 9.10. The van der Waals surface area contributed by atoms with Crippen LogP contribution in [-0.2, 0) is 16.0 Å². The lowest BCUT2D eigenvalue weighted by atomic mass is 10.1. The van der Waals surface area contributed by atoms with Crippen LogP contribution in [0.2, 0.25) is 0 Å². The second-order valence-corrected chi connectivity index (χ2v) is 3.97. The van der Waals surface area contributed by atoms with E-state index in [2.05, 4.69) is 20.7 Å². The second-order valence-electron chi connectivity index (χ2n) is 3.12. The molecule has 0 aromatic heterocycles. The normalized spacial score (nSPS) is 12.2. The Morgan fingerprint density at radius 2 is 2.33 bits per heavy atom. The molecule has 0 unspecified atom stereocenters. The minimum absolute atomic E-state index is 0.158. The summed E-state index contributed by atoms with van der Waals surface area (Å²) in [6.07, 6.45) is 0.381. The number of carbonyl (C=O) groups is 1. The van der Waals surface area contributed by atoms with Crippen molar-refractivity contribution in [2.45, 2.75) is 12.5 Å². The van der Waals surface area contributed by atoms with Crippen LogP contribution in [0.1, 0.15) is 5.56 Å². The smallest absolute Gasteiger partial charge is 0.322 e. The van der Waals surface area contributed by atoms with Crippen molar-refractivity contribution in [2.24, 2.45) is 5.73 Å². The number of phenolic OH excluding ortho intramolecular Hbond substituents is 1. The Hall–Kier alpha value is -1.07. The number of rotatable bonds is 3. The van der Waals surface area contributed by atoms with E-state index in [4.69, 9.17) is 5.73 Å². The van der Waals surface area contributed by atoms with Gasteiger partial charge >= 0.3 is 5.97 Å². The van der Waals surface area contributed by atoms with Crippen molar-refractivity contribution in [3.8, 4) is 5.75 Å². The minimum atomic E-state index is -0.675. The number of phenols is 1. The van der Waals surface area contributed by atoms with E-state index in [0.29, 0.717) is 10.9 Å². The molecule has 0 saturated carbocycles. The van der Waals surface area contributed by atoms with Crippen molar-refractivity contribution in [3.05, 3.63) is 28.2 Å². The van der Waals surface area contributed by atoms with Gasteiger partial charge in [0.15, 0.2) is 0 Å². The summed E-state index contributed by atoms with van der Waals surface area (Å²) < 4.78 is 5.09. The van der Waals surface area contributed by atoms with Gasteiger partial charge in [-0.1, -0.05) is 6.07 Å². The number of esters is 1. The Kier molecular flexibility index (Phi) is 4.11. The summed E-state index contributed by atoms with van der Waals surface area (Å²) in [4.78, 5) is 11.1. The molecule has 0 bridgehead atoms. The van der Waals surface area contributed by atoms with Crippen LogP contribution in [-0.4, -0.2) is 24.2 Å². The third kappa shape index (κ3) is 3.21. The van der Waals surface area contributed by atoms with Crippen LogP contribution >= 0.6 is 15.9 Å². The first-order chi connectivity index (χ1) is 7.04. The highest BCUT2D eigenvalue weighted by atomic mass is 79.9. The average Bonchev–Trinajstić information content (AvgIpc) is 2.22. The zero-order valence-corrected chi connectivity index (χ0v) is 9.82. The van der Waals surface area contributed by atoms with Gasteiger partial charge in [0.2, 0.25) is 0 Å². The molecule has 0 aliphatic rings. The minimum Gasteiger partial charge on any atom is -0.507 e. The predicted octanol–water partition coefficient (Wildman–Crippen LogP) is 1.20. The van der Waals surface area contributed by atoms with Crippen molar-refractivity contribution in [3.63, 3.8) is 0 Å². The van der Waals surface area contributed by atoms with Gasteiger partial charge in [-0.25, -0.2) is 0 Å². The summed E-state index contributed by atoms with van der Waals surface area (Å²) in [6, 6.07) is 4.30. The largest absolute Gasteiger partial charge is 0.507 e. The average molecular weight is 274 g/mol. The molecule has 0 heterocycles. The molecule has 0 spiro atoms. The first kappa shape index (κ1) is 12.0. The van der Waals surface area contributed by atoms with Crippen molar-refractivity contribution in [1.82, 2.24) is 0 Å². The van der Waals surface area contributed by atoms with Gasteiger partial charge in [-0.05, 0) is 40.0 Å². The van der Waals surface area contributed by atoms with Crippen LogP contribution in [0.15, 0.2) is 22.7 Å². The van der Waals surface area contributed by atoms with Gasteiger partial charge in [-0.2, -0.15) is 0 Å². The summed E-state index contributed by atoms with van der Waals surface area (Å²) in [5, 5.41) is 9.26. The van der Waals surface area contributed by atoms with Crippen LogP contribution < -0.4 is 5.73 Å². The molecular formula is C10H12BrNO3. The van der Waals surface area contributed by atoms with Crippen LogP contribution in [0.25, 0.3) is 0 Å². The SMILES string of the molecule is COC(=O)[C@@H](N)Cc1ccc(O)c(Br)c1. The lowest BCUT2D eigenvalue weighted by Gasteiger charge is -2.09. The molecule has 0 amide bonds. The zero-order valence-electron chi connectivity index (χ0n) is 8.24. The molecule has 0 fully saturated rings. The number of halogens is 1. The van der Waals surface area contributed by atoms with Gasteiger partial charge < -0.3 is 15.6 Å². The Balaban J connectivity index is 2.73. The fourth-order valence-corrected chi connectivity index (χ4v) is 1.59. The van der Waals surface area contributed by atoms with E-state index in [9.17, 15) is 9.90 Å². The molecule has 1 atom stereocenters. The summed E-state index contributed by atoms with van der Waals surface area (Å²) >= 11 is 3.18. The highest BCUT2D eigenvalue weighted by Gasteiger charge is 2.14. The molecule has 15 heavy (non-hydrogen) atoms. The Morgan fingerprint density at radius 1 is 1.67 bits per heavy atom. The number of benzene rings is 1. The van der Waals surface area contributed by atoms with E-state index in [1.54, 1.807) is 18.2 Å². The van der Waals surface area contributed by atoms with E-state index in [0.717, 1.165) is 5.56 Å². The zero-order chi connectivity index (χ0) is 11.4. The van der Waals surface area contributed by atoms with Crippen LogP contribution in [0, 0.1) is 0 Å². The first-order valence-electron chi connectivity index (χ1n) is 4.35.